The molecule has 25 heavy (non-hydrogen) atoms. The third kappa shape index (κ3) is 5.29. The number of aliphatic hydroxyl groups is 4. The SMILES string of the molecule is CC1(C)OC[C@H](OS(=O)(=O)[O-])[C@@H](C[NH+]2C[C@H](O)[C@@H](O)[C@H](O)[C@H]2CO)O1. The Hall–Kier alpha value is -0.410. The van der Waals surface area contributed by atoms with E-state index in [1.165, 1.54) is 0 Å². The number of ether oxygens (including phenoxy) is 2. The van der Waals surface area contributed by atoms with Gasteiger partial charge in [-0.25, -0.2) is 8.42 Å². The molecule has 0 aromatic carbocycles. The van der Waals surface area contributed by atoms with Crippen molar-refractivity contribution in [2.75, 3.05) is 26.3 Å². The fourth-order valence-corrected chi connectivity index (χ4v) is 3.74. The normalized spacial score (nSPS) is 42.3. The number of hydrogen-bond acceptors (Lipinski definition) is 10. The van der Waals surface area contributed by atoms with E-state index in [9.17, 15) is 33.4 Å². The van der Waals surface area contributed by atoms with Gasteiger partial charge in [-0.05, 0) is 13.8 Å². The summed E-state index contributed by atoms with van der Waals surface area (Å²) < 4.78 is 48.2. The number of piperidine rings is 1. The predicted octanol–water partition coefficient (Wildman–Crippen LogP) is -4.67. The Morgan fingerprint density at radius 3 is 2.48 bits per heavy atom. The van der Waals surface area contributed by atoms with Crippen molar-refractivity contribution < 1.29 is 52.0 Å². The van der Waals surface area contributed by atoms with Crippen LogP contribution in [0, 0.1) is 0 Å². The number of aliphatic hydroxyl groups excluding tert-OH is 4. The lowest BCUT2D eigenvalue weighted by atomic mass is 9.93. The van der Waals surface area contributed by atoms with Crippen LogP contribution in [0.3, 0.4) is 0 Å². The molecule has 0 amide bonds. The van der Waals surface area contributed by atoms with Gasteiger partial charge >= 0.3 is 0 Å². The highest BCUT2D eigenvalue weighted by Crippen LogP contribution is 2.24. The molecule has 5 N–H and O–H groups in total. The lowest BCUT2D eigenvalue weighted by molar-refractivity contribution is -0.943. The Balaban J connectivity index is 2.17. The van der Waals surface area contributed by atoms with E-state index in [0.717, 1.165) is 0 Å². The molecule has 12 heteroatoms. The monoisotopic (exact) mass is 387 g/mol. The van der Waals surface area contributed by atoms with Crippen LogP contribution in [0.2, 0.25) is 0 Å². The van der Waals surface area contributed by atoms with Gasteiger partial charge in [0.05, 0.1) is 13.2 Å². The van der Waals surface area contributed by atoms with Crippen molar-refractivity contribution in [3.8, 4) is 0 Å². The van der Waals surface area contributed by atoms with Crippen LogP contribution in [0.5, 0.6) is 0 Å². The van der Waals surface area contributed by atoms with Gasteiger partial charge in [0.2, 0.25) is 10.4 Å². The van der Waals surface area contributed by atoms with Crippen LogP contribution >= 0.6 is 0 Å². The van der Waals surface area contributed by atoms with Crippen molar-refractivity contribution in [1.82, 2.24) is 0 Å². The average Bonchev–Trinajstić information content (AvgIpc) is 2.47. The van der Waals surface area contributed by atoms with Crippen molar-refractivity contribution >= 4 is 10.4 Å². The number of likely N-dealkylation sites (tertiary alicyclic amines) is 1. The Kier molecular flexibility index (Phi) is 6.42. The summed E-state index contributed by atoms with van der Waals surface area (Å²) in [5.74, 6) is -1.06. The fraction of sp³-hybridized carbons (Fsp3) is 1.00. The molecule has 0 bridgehead atoms. The quantitative estimate of drug-likeness (QED) is 0.228. The second-order valence-corrected chi connectivity index (χ2v) is 7.82. The molecule has 0 aromatic heterocycles. The Morgan fingerprint density at radius 2 is 1.92 bits per heavy atom. The summed E-state index contributed by atoms with van der Waals surface area (Å²) in [4.78, 5) is 0.479. The summed E-state index contributed by atoms with van der Waals surface area (Å²) in [5, 5.41) is 39.1. The molecule has 11 nitrogen and oxygen atoms in total. The van der Waals surface area contributed by atoms with Gasteiger partial charge in [-0.1, -0.05) is 0 Å². The van der Waals surface area contributed by atoms with Gasteiger partial charge in [0.15, 0.2) is 5.79 Å². The molecular formula is C13H25NO10S. The van der Waals surface area contributed by atoms with Gasteiger partial charge in [0.25, 0.3) is 0 Å². The molecule has 2 saturated heterocycles. The lowest BCUT2D eigenvalue weighted by Crippen LogP contribution is -3.21. The first-order valence-corrected chi connectivity index (χ1v) is 9.22. The first-order chi connectivity index (χ1) is 11.4. The zero-order valence-electron chi connectivity index (χ0n) is 13.9. The van der Waals surface area contributed by atoms with Crippen molar-refractivity contribution in [2.45, 2.75) is 56.2 Å². The maximum absolute atomic E-state index is 10.9. The Labute approximate surface area is 145 Å². The molecule has 148 valence electrons. The molecule has 2 heterocycles. The Bertz CT molecular complexity index is 555. The largest absolute Gasteiger partial charge is 0.726 e. The summed E-state index contributed by atoms with van der Waals surface area (Å²) in [6, 6.07) is -0.822. The van der Waals surface area contributed by atoms with E-state index in [0.29, 0.717) is 4.90 Å². The standard InChI is InChI=1S/C13H25NO10S/c1-13(2)22-6-10(24-25(19,20)21)9(23-13)4-14-3-8(16)12(18)11(17)7(14)5-15/h7-12,15-18H,3-6H2,1-2H3,(H,19,20,21)/t7-,8+,9-,10+,11-,12-/m1/s1. The summed E-state index contributed by atoms with van der Waals surface area (Å²) >= 11 is 0. The number of quaternary nitrogens is 1. The van der Waals surface area contributed by atoms with Gasteiger partial charge in [0.1, 0.15) is 49.7 Å². The molecule has 2 aliphatic heterocycles. The maximum atomic E-state index is 10.9. The number of nitrogens with one attached hydrogen (secondary N) is 1. The van der Waals surface area contributed by atoms with Crippen molar-refractivity contribution in [1.29, 1.82) is 0 Å². The third-order valence-corrected chi connectivity index (χ3v) is 4.98. The van der Waals surface area contributed by atoms with Gasteiger partial charge in [-0.3, -0.25) is 4.18 Å². The topological polar surface area (TPSA) is 170 Å². The zero-order valence-corrected chi connectivity index (χ0v) is 14.8. The molecule has 7 atom stereocenters. The molecular weight excluding hydrogens is 362 g/mol. The van der Waals surface area contributed by atoms with E-state index < -0.39 is 59.4 Å². The van der Waals surface area contributed by atoms with Crippen molar-refractivity contribution in [2.24, 2.45) is 0 Å². The highest BCUT2D eigenvalue weighted by molar-refractivity contribution is 7.80. The maximum Gasteiger partial charge on any atom is 0.218 e. The molecule has 1 unspecified atom stereocenters. The van der Waals surface area contributed by atoms with Crippen LogP contribution in [0.4, 0.5) is 0 Å². The molecule has 0 aromatic rings. The van der Waals surface area contributed by atoms with E-state index in [1.54, 1.807) is 13.8 Å². The van der Waals surface area contributed by atoms with Crippen LogP contribution < -0.4 is 4.90 Å². The van der Waals surface area contributed by atoms with E-state index in [2.05, 4.69) is 4.18 Å². The Morgan fingerprint density at radius 1 is 1.28 bits per heavy atom. The first-order valence-electron chi connectivity index (χ1n) is 7.89. The van der Waals surface area contributed by atoms with Crippen LogP contribution in [0.15, 0.2) is 0 Å². The minimum Gasteiger partial charge on any atom is -0.726 e. The van der Waals surface area contributed by atoms with Gasteiger partial charge in [-0.15, -0.1) is 0 Å². The third-order valence-electron chi connectivity index (χ3n) is 4.50. The predicted molar refractivity (Wildman–Crippen MR) is 79.1 cm³/mol. The molecule has 0 aliphatic carbocycles. The van der Waals surface area contributed by atoms with Crippen molar-refractivity contribution in [3.63, 3.8) is 0 Å². The second kappa shape index (κ2) is 7.68. The summed E-state index contributed by atoms with van der Waals surface area (Å²) in [7, 11) is -4.99. The van der Waals surface area contributed by atoms with Crippen molar-refractivity contribution in [3.05, 3.63) is 0 Å². The zero-order chi connectivity index (χ0) is 19.0. The molecule has 2 rings (SSSR count). The highest BCUT2D eigenvalue weighted by Gasteiger charge is 2.48. The molecule has 2 fully saturated rings. The fourth-order valence-electron chi connectivity index (χ4n) is 3.26. The number of hydrogen-bond donors (Lipinski definition) is 5. The van der Waals surface area contributed by atoms with Crippen LogP contribution in [0.25, 0.3) is 0 Å². The van der Waals surface area contributed by atoms with Gasteiger partial charge in [-0.2, -0.15) is 0 Å². The average molecular weight is 387 g/mol. The highest BCUT2D eigenvalue weighted by atomic mass is 32.3. The number of rotatable bonds is 5. The summed E-state index contributed by atoms with van der Waals surface area (Å²) in [5.41, 5.74) is 0. The summed E-state index contributed by atoms with van der Waals surface area (Å²) in [6.07, 6.45) is -6.13. The van der Waals surface area contributed by atoms with Crippen LogP contribution in [0.1, 0.15) is 13.8 Å². The molecule has 0 spiro atoms. The first kappa shape index (κ1) is 20.9. The second-order valence-electron chi connectivity index (χ2n) is 6.81. The van der Waals surface area contributed by atoms with E-state index in [1.807, 2.05) is 0 Å². The van der Waals surface area contributed by atoms with Gasteiger partial charge < -0.3 is 39.4 Å². The van der Waals surface area contributed by atoms with Crippen LogP contribution in [-0.4, -0.2) is 102 Å². The lowest BCUT2D eigenvalue weighted by Gasteiger charge is -2.45. The smallest absolute Gasteiger partial charge is 0.218 e. The molecule has 0 saturated carbocycles. The van der Waals surface area contributed by atoms with E-state index >= 15 is 0 Å². The van der Waals surface area contributed by atoms with Gasteiger partial charge in [0, 0.05) is 0 Å². The minimum atomic E-state index is -4.99. The minimum absolute atomic E-state index is 0.0125. The van der Waals surface area contributed by atoms with E-state index in [-0.39, 0.29) is 19.7 Å². The molecule has 2 aliphatic rings. The van der Waals surface area contributed by atoms with Crippen LogP contribution in [-0.2, 0) is 24.1 Å². The summed E-state index contributed by atoms with van der Waals surface area (Å²) in [6.45, 7) is 2.53. The van der Waals surface area contributed by atoms with E-state index in [4.69, 9.17) is 9.47 Å². The molecule has 0 radical (unpaired) electrons.